The first-order valence-corrected chi connectivity index (χ1v) is 10.9. The number of rotatable bonds is 3. The fraction of sp³-hybridized carbons (Fsp3) is 0.455. The van der Waals surface area contributed by atoms with Crippen LogP contribution in [0.2, 0.25) is 0 Å². The molecule has 2 aromatic rings. The normalized spacial score (nSPS) is 21.8. The first-order chi connectivity index (χ1) is 14.4. The van der Waals surface area contributed by atoms with E-state index in [9.17, 15) is 14.4 Å². The Bertz CT molecular complexity index is 1140. The third-order valence-corrected chi connectivity index (χ3v) is 6.95. The molecule has 2 atom stereocenters. The number of thiazole rings is 1. The van der Waals surface area contributed by atoms with Gasteiger partial charge in [0, 0.05) is 0 Å². The Balaban J connectivity index is 1.78. The summed E-state index contributed by atoms with van der Waals surface area (Å²) in [6.45, 7) is 3.88. The van der Waals surface area contributed by atoms with E-state index >= 15 is 0 Å². The van der Waals surface area contributed by atoms with E-state index in [0.29, 0.717) is 4.80 Å². The van der Waals surface area contributed by atoms with E-state index < -0.39 is 11.9 Å². The molecule has 1 amide bonds. The number of aromatic nitrogens is 1. The highest BCUT2D eigenvalue weighted by Crippen LogP contribution is 2.33. The summed E-state index contributed by atoms with van der Waals surface area (Å²) in [4.78, 5) is 42.4. The number of hydrogen-bond donors (Lipinski definition) is 0. The molecule has 7 nitrogen and oxygen atoms in total. The van der Waals surface area contributed by atoms with Crippen LogP contribution in [0, 0.1) is 19.8 Å². The largest absolute Gasteiger partial charge is 0.496 e. The van der Waals surface area contributed by atoms with Crippen LogP contribution in [0.25, 0.3) is 10.2 Å². The average Bonchev–Trinajstić information content (AvgIpc) is 3.05. The minimum absolute atomic E-state index is 0.0203. The maximum Gasteiger partial charge on any atom is 0.325 e. The number of carbonyl (C=O) groups excluding carboxylic acids is 3. The first-order valence-electron chi connectivity index (χ1n) is 10.1. The highest BCUT2D eigenvalue weighted by atomic mass is 32.1. The lowest BCUT2D eigenvalue weighted by Crippen LogP contribution is -2.38. The van der Waals surface area contributed by atoms with Crippen molar-refractivity contribution in [2.45, 2.75) is 52.2 Å². The van der Waals surface area contributed by atoms with Gasteiger partial charge in [-0.05, 0) is 50.3 Å². The van der Waals surface area contributed by atoms with E-state index in [1.807, 2.05) is 26.0 Å². The molecule has 2 unspecified atom stereocenters. The maximum atomic E-state index is 12.9. The number of Topliss-reactive ketones (excluding diaryl/α,β-unsaturated/α-hetero) is 1. The lowest BCUT2D eigenvalue weighted by Gasteiger charge is -2.33. The van der Waals surface area contributed by atoms with Crippen LogP contribution in [0.5, 0.6) is 0 Å². The molecule has 2 heterocycles. The second-order valence-corrected chi connectivity index (χ2v) is 8.83. The fourth-order valence-corrected chi connectivity index (χ4v) is 5.30. The molecule has 30 heavy (non-hydrogen) atoms. The molecular weight excluding hydrogens is 404 g/mol. The molecule has 1 saturated carbocycles. The summed E-state index contributed by atoms with van der Waals surface area (Å²) in [5.41, 5.74) is 2.86. The van der Waals surface area contributed by atoms with Crippen molar-refractivity contribution in [1.82, 2.24) is 4.57 Å². The minimum atomic E-state index is -0.636. The van der Waals surface area contributed by atoms with E-state index in [0.717, 1.165) is 47.0 Å². The summed E-state index contributed by atoms with van der Waals surface area (Å²) >= 11 is 1.32. The number of ether oxygens (including phenoxy) is 2. The molecule has 1 aromatic carbocycles. The summed E-state index contributed by atoms with van der Waals surface area (Å²) in [6, 6.07) is 3.99. The van der Waals surface area contributed by atoms with Gasteiger partial charge in [-0.2, -0.15) is 4.99 Å². The van der Waals surface area contributed by atoms with Crippen molar-refractivity contribution in [2.24, 2.45) is 10.9 Å². The number of benzene rings is 1. The zero-order valence-corrected chi connectivity index (χ0v) is 18.1. The Kier molecular flexibility index (Phi) is 5.60. The minimum Gasteiger partial charge on any atom is -0.496 e. The highest BCUT2D eigenvalue weighted by Gasteiger charge is 2.39. The summed E-state index contributed by atoms with van der Waals surface area (Å²) in [7, 11) is 1.32. The van der Waals surface area contributed by atoms with E-state index in [1.165, 1.54) is 24.7 Å². The lowest BCUT2D eigenvalue weighted by atomic mass is 9.80. The second-order valence-electron chi connectivity index (χ2n) is 7.86. The van der Waals surface area contributed by atoms with Crippen molar-refractivity contribution < 1.29 is 23.9 Å². The second kappa shape index (κ2) is 8.18. The van der Waals surface area contributed by atoms with Crippen molar-refractivity contribution in [3.8, 4) is 0 Å². The van der Waals surface area contributed by atoms with Crippen molar-refractivity contribution >= 4 is 39.2 Å². The maximum absolute atomic E-state index is 12.9. The molecule has 0 radical (unpaired) electrons. The zero-order chi connectivity index (χ0) is 21.4. The topological polar surface area (TPSA) is 87.0 Å². The van der Waals surface area contributed by atoms with Crippen molar-refractivity contribution in [3.05, 3.63) is 39.9 Å². The zero-order valence-electron chi connectivity index (χ0n) is 17.3. The van der Waals surface area contributed by atoms with Gasteiger partial charge in [0.05, 0.1) is 29.5 Å². The number of carbonyl (C=O) groups is 3. The van der Waals surface area contributed by atoms with Crippen molar-refractivity contribution in [1.29, 1.82) is 0 Å². The molecule has 0 saturated heterocycles. The standard InChI is InChI=1S/C22H24N2O5S/c1-12-8-13(2)20-16(9-12)24(10-18(25)28-3)22(30-20)23-21(27)15-11-29-17-7-5-4-6-14(17)19(15)26/h8-9,11,14,17H,4-7,10H2,1-3H3. The van der Waals surface area contributed by atoms with Crippen LogP contribution >= 0.6 is 11.3 Å². The molecule has 1 aliphatic heterocycles. The van der Waals surface area contributed by atoms with Crippen LogP contribution in [0.1, 0.15) is 36.8 Å². The smallest absolute Gasteiger partial charge is 0.325 e. The molecule has 1 aromatic heterocycles. The van der Waals surface area contributed by atoms with Gasteiger partial charge in [0.2, 0.25) is 0 Å². The van der Waals surface area contributed by atoms with Gasteiger partial charge >= 0.3 is 5.97 Å². The summed E-state index contributed by atoms with van der Waals surface area (Å²) in [5, 5.41) is 0. The molecule has 1 fully saturated rings. The molecule has 0 bridgehead atoms. The number of methoxy groups -OCH3 is 1. The summed E-state index contributed by atoms with van der Waals surface area (Å²) < 4.78 is 13.1. The fourth-order valence-electron chi connectivity index (χ4n) is 4.22. The van der Waals surface area contributed by atoms with E-state index in [1.54, 1.807) is 4.57 Å². The van der Waals surface area contributed by atoms with Crippen LogP contribution in [0.15, 0.2) is 29.0 Å². The summed E-state index contributed by atoms with van der Waals surface area (Å²) in [6.07, 6.45) is 4.69. The summed E-state index contributed by atoms with van der Waals surface area (Å²) in [5.74, 6) is -1.53. The number of amides is 1. The van der Waals surface area contributed by atoms with Crippen molar-refractivity contribution in [2.75, 3.05) is 7.11 Å². The van der Waals surface area contributed by atoms with Gasteiger partial charge in [0.15, 0.2) is 10.6 Å². The number of fused-ring (bicyclic) bond motifs is 2. The molecule has 1 aliphatic carbocycles. The predicted molar refractivity (Wildman–Crippen MR) is 112 cm³/mol. The van der Waals surface area contributed by atoms with Crippen LogP contribution in [0.4, 0.5) is 0 Å². The number of nitrogens with zero attached hydrogens (tertiary/aromatic N) is 2. The first kappa shape index (κ1) is 20.5. The van der Waals surface area contributed by atoms with Gasteiger partial charge in [0.1, 0.15) is 18.2 Å². The molecule has 0 spiro atoms. The Morgan fingerprint density at radius 3 is 2.80 bits per heavy atom. The predicted octanol–water partition coefficient (Wildman–Crippen LogP) is 2.96. The van der Waals surface area contributed by atoms with Gasteiger partial charge in [-0.3, -0.25) is 14.4 Å². The van der Waals surface area contributed by atoms with E-state index in [4.69, 9.17) is 9.47 Å². The third kappa shape index (κ3) is 3.71. The van der Waals surface area contributed by atoms with Crippen LogP contribution in [-0.2, 0) is 30.4 Å². The van der Waals surface area contributed by atoms with Gasteiger partial charge in [-0.1, -0.05) is 23.8 Å². The van der Waals surface area contributed by atoms with Gasteiger partial charge < -0.3 is 14.0 Å². The van der Waals surface area contributed by atoms with E-state index in [-0.39, 0.29) is 29.9 Å². The molecular formula is C22H24N2O5S. The Hall–Kier alpha value is -2.74. The average molecular weight is 429 g/mol. The molecule has 2 aliphatic rings. The van der Waals surface area contributed by atoms with Crippen LogP contribution < -0.4 is 4.80 Å². The van der Waals surface area contributed by atoms with Gasteiger partial charge in [0.25, 0.3) is 5.91 Å². The molecule has 158 valence electrons. The Morgan fingerprint density at radius 2 is 2.03 bits per heavy atom. The van der Waals surface area contributed by atoms with Crippen LogP contribution in [0.3, 0.4) is 0 Å². The highest BCUT2D eigenvalue weighted by molar-refractivity contribution is 7.16. The number of ketones is 1. The molecule has 8 heteroatoms. The number of aryl methyl sites for hydroxylation is 2. The SMILES string of the molecule is COC(=O)Cn1c(=NC(=O)C2=COC3CCCCC3C2=O)sc2c(C)cc(C)cc21. The Morgan fingerprint density at radius 1 is 1.27 bits per heavy atom. The Labute approximate surface area is 178 Å². The monoisotopic (exact) mass is 428 g/mol. The van der Waals surface area contributed by atoms with Crippen LogP contribution in [-0.4, -0.2) is 35.4 Å². The molecule has 4 rings (SSSR count). The molecule has 0 N–H and O–H groups in total. The van der Waals surface area contributed by atoms with E-state index in [2.05, 4.69) is 4.99 Å². The van der Waals surface area contributed by atoms with Crippen molar-refractivity contribution in [3.63, 3.8) is 0 Å². The quantitative estimate of drug-likeness (QED) is 0.554. The van der Waals surface area contributed by atoms with Gasteiger partial charge in [-0.25, -0.2) is 0 Å². The number of esters is 1. The lowest BCUT2D eigenvalue weighted by molar-refractivity contribution is -0.141. The number of hydrogen-bond acceptors (Lipinski definition) is 6. The third-order valence-electron chi connectivity index (χ3n) is 5.72. The van der Waals surface area contributed by atoms with Gasteiger partial charge in [-0.15, -0.1) is 0 Å².